The molecule has 1 aliphatic heterocycles. The van der Waals surface area contributed by atoms with E-state index in [1.54, 1.807) is 0 Å². The summed E-state index contributed by atoms with van der Waals surface area (Å²) >= 11 is 0. The summed E-state index contributed by atoms with van der Waals surface area (Å²) in [7, 11) is 0. The average molecular weight is 245 g/mol. The summed E-state index contributed by atoms with van der Waals surface area (Å²) < 4.78 is 7.20. The third kappa shape index (κ3) is 2.14. The molecule has 0 saturated carbocycles. The molecular weight excluding hydrogens is 230 g/mol. The summed E-state index contributed by atoms with van der Waals surface area (Å²) in [6.45, 7) is 2.94. The third-order valence-corrected chi connectivity index (χ3v) is 3.23. The molecule has 0 bridgehead atoms. The molecule has 0 aliphatic carbocycles. The standard InChI is InChI=1S/C13H15N3O2/c17-10-12-9-15(5-6-18-12)8-11-7-14-16-4-2-1-3-13(11)16/h1-4,7,10,12H,5-6,8-9H2. The van der Waals surface area contributed by atoms with Gasteiger partial charge in [0.15, 0.2) is 0 Å². The van der Waals surface area contributed by atoms with Crippen molar-refractivity contribution in [1.29, 1.82) is 0 Å². The molecule has 3 rings (SSSR count). The Bertz CT molecular complexity index is 552. The van der Waals surface area contributed by atoms with Crippen LogP contribution in [0.2, 0.25) is 0 Å². The highest BCUT2D eigenvalue weighted by molar-refractivity contribution is 5.56. The van der Waals surface area contributed by atoms with E-state index in [2.05, 4.69) is 16.1 Å². The number of pyridine rings is 1. The van der Waals surface area contributed by atoms with Crippen LogP contribution in [0.15, 0.2) is 30.6 Å². The van der Waals surface area contributed by atoms with Gasteiger partial charge < -0.3 is 9.53 Å². The van der Waals surface area contributed by atoms with Gasteiger partial charge in [-0.25, -0.2) is 4.52 Å². The Balaban J connectivity index is 1.77. The molecule has 1 aliphatic rings. The summed E-state index contributed by atoms with van der Waals surface area (Å²) in [6, 6.07) is 6.02. The number of nitrogens with zero attached hydrogens (tertiary/aromatic N) is 3. The van der Waals surface area contributed by atoms with Crippen LogP contribution in [0.3, 0.4) is 0 Å². The highest BCUT2D eigenvalue weighted by Crippen LogP contribution is 2.14. The normalized spacial score (nSPS) is 21.2. The summed E-state index contributed by atoms with van der Waals surface area (Å²) in [5.74, 6) is 0. The van der Waals surface area contributed by atoms with Gasteiger partial charge in [0.25, 0.3) is 0 Å². The molecule has 2 aromatic heterocycles. The van der Waals surface area contributed by atoms with Crippen molar-refractivity contribution in [1.82, 2.24) is 14.5 Å². The molecule has 0 amide bonds. The second kappa shape index (κ2) is 4.88. The molecule has 18 heavy (non-hydrogen) atoms. The molecular formula is C13H15N3O2. The fourth-order valence-electron chi connectivity index (χ4n) is 2.31. The summed E-state index contributed by atoms with van der Waals surface area (Å²) in [5.41, 5.74) is 2.30. The van der Waals surface area contributed by atoms with Gasteiger partial charge in [0.2, 0.25) is 0 Å². The van der Waals surface area contributed by atoms with Gasteiger partial charge in [0.1, 0.15) is 12.4 Å². The number of hydrogen-bond acceptors (Lipinski definition) is 4. The van der Waals surface area contributed by atoms with Gasteiger partial charge >= 0.3 is 0 Å². The minimum atomic E-state index is -0.291. The molecule has 1 saturated heterocycles. The SMILES string of the molecule is O=CC1CN(Cc2cnn3ccccc23)CCO1. The van der Waals surface area contributed by atoms with E-state index in [1.807, 2.05) is 29.0 Å². The van der Waals surface area contributed by atoms with Crippen LogP contribution in [0.1, 0.15) is 5.56 Å². The quantitative estimate of drug-likeness (QED) is 0.748. The zero-order valence-corrected chi connectivity index (χ0v) is 10.0. The van der Waals surface area contributed by atoms with Crippen LogP contribution in [-0.2, 0) is 16.1 Å². The Hall–Kier alpha value is -1.72. The van der Waals surface area contributed by atoms with E-state index in [0.717, 1.165) is 24.9 Å². The smallest absolute Gasteiger partial charge is 0.150 e. The van der Waals surface area contributed by atoms with Crippen molar-refractivity contribution in [2.45, 2.75) is 12.6 Å². The number of hydrogen-bond donors (Lipinski definition) is 0. The first-order valence-corrected chi connectivity index (χ1v) is 6.07. The molecule has 2 aromatic rings. The van der Waals surface area contributed by atoms with Crippen molar-refractivity contribution in [3.05, 3.63) is 36.2 Å². The Morgan fingerprint density at radius 1 is 1.50 bits per heavy atom. The number of fused-ring (bicyclic) bond motifs is 1. The lowest BCUT2D eigenvalue weighted by Gasteiger charge is -2.29. The van der Waals surface area contributed by atoms with E-state index in [0.29, 0.717) is 13.2 Å². The van der Waals surface area contributed by atoms with Gasteiger partial charge in [-0.2, -0.15) is 5.10 Å². The van der Waals surface area contributed by atoms with Crippen molar-refractivity contribution in [3.8, 4) is 0 Å². The Morgan fingerprint density at radius 3 is 3.33 bits per heavy atom. The molecule has 1 unspecified atom stereocenters. The van der Waals surface area contributed by atoms with Gasteiger partial charge in [-0.05, 0) is 12.1 Å². The highest BCUT2D eigenvalue weighted by Gasteiger charge is 2.20. The van der Waals surface area contributed by atoms with E-state index in [1.165, 1.54) is 5.56 Å². The maximum Gasteiger partial charge on any atom is 0.150 e. The molecule has 0 aromatic carbocycles. The average Bonchev–Trinajstić information content (AvgIpc) is 2.83. The van der Waals surface area contributed by atoms with E-state index < -0.39 is 0 Å². The maximum atomic E-state index is 10.8. The van der Waals surface area contributed by atoms with Crippen LogP contribution in [0.5, 0.6) is 0 Å². The number of aromatic nitrogens is 2. The van der Waals surface area contributed by atoms with Crippen LogP contribution in [0.25, 0.3) is 5.52 Å². The number of aldehydes is 1. The predicted octanol–water partition coefficient (Wildman–Crippen LogP) is 0.734. The van der Waals surface area contributed by atoms with Gasteiger partial charge in [0.05, 0.1) is 18.3 Å². The second-order valence-electron chi connectivity index (χ2n) is 4.48. The third-order valence-electron chi connectivity index (χ3n) is 3.23. The maximum absolute atomic E-state index is 10.8. The topological polar surface area (TPSA) is 46.8 Å². The van der Waals surface area contributed by atoms with Gasteiger partial charge in [0, 0.05) is 31.4 Å². The van der Waals surface area contributed by atoms with Crippen molar-refractivity contribution >= 4 is 11.8 Å². The molecule has 0 N–H and O–H groups in total. The minimum Gasteiger partial charge on any atom is -0.368 e. The fourth-order valence-corrected chi connectivity index (χ4v) is 2.31. The second-order valence-corrected chi connectivity index (χ2v) is 4.48. The van der Waals surface area contributed by atoms with Gasteiger partial charge in [-0.1, -0.05) is 6.07 Å². The molecule has 3 heterocycles. The van der Waals surface area contributed by atoms with Gasteiger partial charge in [-0.3, -0.25) is 4.90 Å². The first-order valence-electron chi connectivity index (χ1n) is 6.07. The number of carbonyl (C=O) groups excluding carboxylic acids is 1. The van der Waals surface area contributed by atoms with Crippen molar-refractivity contribution in [2.75, 3.05) is 19.7 Å². The molecule has 5 nitrogen and oxygen atoms in total. The Labute approximate surface area is 105 Å². The minimum absolute atomic E-state index is 0.291. The lowest BCUT2D eigenvalue weighted by Crippen LogP contribution is -2.42. The first-order chi connectivity index (χ1) is 8.86. The number of rotatable bonds is 3. The van der Waals surface area contributed by atoms with Crippen molar-refractivity contribution in [3.63, 3.8) is 0 Å². The van der Waals surface area contributed by atoms with Crippen molar-refractivity contribution < 1.29 is 9.53 Å². The Kier molecular flexibility index (Phi) is 3.08. The van der Waals surface area contributed by atoms with E-state index >= 15 is 0 Å². The van der Waals surface area contributed by atoms with Crippen LogP contribution in [0.4, 0.5) is 0 Å². The molecule has 0 radical (unpaired) electrons. The molecule has 0 spiro atoms. The predicted molar refractivity (Wildman–Crippen MR) is 66.3 cm³/mol. The largest absolute Gasteiger partial charge is 0.368 e. The number of morpholine rings is 1. The van der Waals surface area contributed by atoms with E-state index in [9.17, 15) is 4.79 Å². The van der Waals surface area contributed by atoms with Crippen LogP contribution in [0, 0.1) is 0 Å². The monoisotopic (exact) mass is 245 g/mol. The lowest BCUT2D eigenvalue weighted by molar-refractivity contribution is -0.123. The number of carbonyl (C=O) groups is 1. The van der Waals surface area contributed by atoms with Gasteiger partial charge in [-0.15, -0.1) is 0 Å². The fraction of sp³-hybridized carbons (Fsp3) is 0.385. The zero-order valence-electron chi connectivity index (χ0n) is 10.0. The van der Waals surface area contributed by atoms with E-state index in [-0.39, 0.29) is 6.10 Å². The first kappa shape index (κ1) is 11.4. The molecule has 1 fully saturated rings. The summed E-state index contributed by atoms with van der Waals surface area (Å²) in [6.07, 6.45) is 4.41. The van der Waals surface area contributed by atoms with Crippen LogP contribution in [-0.4, -0.2) is 46.6 Å². The zero-order chi connectivity index (χ0) is 12.4. The summed E-state index contributed by atoms with van der Waals surface area (Å²) in [4.78, 5) is 13.0. The molecule has 1 atom stereocenters. The molecule has 94 valence electrons. The lowest BCUT2D eigenvalue weighted by atomic mass is 10.2. The number of ether oxygens (including phenoxy) is 1. The van der Waals surface area contributed by atoms with Crippen molar-refractivity contribution in [2.24, 2.45) is 0 Å². The summed E-state index contributed by atoms with van der Waals surface area (Å²) in [5, 5.41) is 4.31. The molecule has 5 heteroatoms. The van der Waals surface area contributed by atoms with E-state index in [4.69, 9.17) is 4.74 Å². The van der Waals surface area contributed by atoms with Crippen LogP contribution >= 0.6 is 0 Å². The van der Waals surface area contributed by atoms with Crippen LogP contribution < -0.4 is 0 Å². The highest BCUT2D eigenvalue weighted by atomic mass is 16.5. The Morgan fingerprint density at radius 2 is 2.44 bits per heavy atom.